The third-order valence-corrected chi connectivity index (χ3v) is 5.37. The highest BCUT2D eigenvalue weighted by molar-refractivity contribution is 6.07. The Morgan fingerprint density at radius 2 is 1.70 bits per heavy atom. The van der Waals surface area contributed by atoms with Crippen LogP contribution in [-0.2, 0) is 0 Å². The van der Waals surface area contributed by atoms with Crippen molar-refractivity contribution in [2.75, 3.05) is 10.6 Å². The third-order valence-electron chi connectivity index (χ3n) is 5.37. The molecule has 5 nitrogen and oxygen atoms in total. The van der Waals surface area contributed by atoms with E-state index in [1.165, 1.54) is 11.1 Å². The number of para-hydroxylation sites is 1. The summed E-state index contributed by atoms with van der Waals surface area (Å²) in [6, 6.07) is 22.2. The summed E-state index contributed by atoms with van der Waals surface area (Å²) in [5.41, 5.74) is 10.9. The van der Waals surface area contributed by atoms with Gasteiger partial charge in [-0.15, -0.1) is 0 Å². The Labute approximate surface area is 177 Å². The molecular formula is C25H26N4O. The van der Waals surface area contributed by atoms with E-state index in [4.69, 9.17) is 0 Å². The van der Waals surface area contributed by atoms with Gasteiger partial charge in [0.2, 0.25) is 0 Å². The van der Waals surface area contributed by atoms with E-state index in [1.807, 2.05) is 56.3 Å². The number of amides is 2. The summed E-state index contributed by atoms with van der Waals surface area (Å²) < 4.78 is 0. The fourth-order valence-electron chi connectivity index (χ4n) is 3.73. The van der Waals surface area contributed by atoms with Gasteiger partial charge in [-0.2, -0.15) is 5.10 Å². The number of aryl methyl sites for hydroxylation is 3. The van der Waals surface area contributed by atoms with Crippen molar-refractivity contribution in [2.45, 2.75) is 33.2 Å². The molecule has 0 aliphatic carbocycles. The lowest BCUT2D eigenvalue weighted by atomic mass is 9.91. The summed E-state index contributed by atoms with van der Waals surface area (Å²) in [5.74, 6) is 0. The molecule has 3 aromatic rings. The summed E-state index contributed by atoms with van der Waals surface area (Å²) in [6.45, 7) is 6.09. The Morgan fingerprint density at radius 1 is 0.967 bits per heavy atom. The van der Waals surface area contributed by atoms with E-state index in [0.717, 1.165) is 33.8 Å². The van der Waals surface area contributed by atoms with Gasteiger partial charge < -0.3 is 10.6 Å². The lowest BCUT2D eigenvalue weighted by molar-refractivity contribution is 0.252. The van der Waals surface area contributed by atoms with Crippen LogP contribution in [0.5, 0.6) is 0 Å². The van der Waals surface area contributed by atoms with Crippen molar-refractivity contribution in [2.24, 2.45) is 5.10 Å². The fraction of sp³-hybridized carbons (Fsp3) is 0.200. The van der Waals surface area contributed by atoms with E-state index in [2.05, 4.69) is 52.3 Å². The largest absolute Gasteiger partial charge is 0.377 e. The molecule has 3 N–H and O–H groups in total. The molecule has 0 saturated heterocycles. The maximum absolute atomic E-state index is 12.4. The van der Waals surface area contributed by atoms with Crippen molar-refractivity contribution in [3.05, 3.63) is 94.5 Å². The molecule has 0 spiro atoms. The lowest BCUT2D eigenvalue weighted by Crippen LogP contribution is -2.29. The molecule has 2 amide bonds. The number of carbonyl (C=O) groups excluding carboxylic acids is 1. The highest BCUT2D eigenvalue weighted by Crippen LogP contribution is 2.32. The maximum atomic E-state index is 12.4. The molecular weight excluding hydrogens is 372 g/mol. The molecule has 0 fully saturated rings. The second kappa shape index (κ2) is 8.41. The monoisotopic (exact) mass is 398 g/mol. The Morgan fingerprint density at radius 3 is 2.47 bits per heavy atom. The van der Waals surface area contributed by atoms with Gasteiger partial charge in [0.25, 0.3) is 0 Å². The lowest BCUT2D eigenvalue weighted by Gasteiger charge is -2.28. The van der Waals surface area contributed by atoms with Crippen LogP contribution in [0.4, 0.5) is 16.2 Å². The first-order chi connectivity index (χ1) is 14.5. The first-order valence-corrected chi connectivity index (χ1v) is 10.1. The van der Waals surface area contributed by atoms with Crippen LogP contribution in [0, 0.1) is 20.8 Å². The number of carbonyl (C=O) groups is 1. The summed E-state index contributed by atoms with van der Waals surface area (Å²) in [4.78, 5) is 12.4. The zero-order valence-corrected chi connectivity index (χ0v) is 17.5. The summed E-state index contributed by atoms with van der Waals surface area (Å²) in [7, 11) is 0. The topological polar surface area (TPSA) is 65.5 Å². The number of urea groups is 1. The Kier molecular flexibility index (Phi) is 5.53. The molecule has 1 atom stereocenters. The van der Waals surface area contributed by atoms with Crippen molar-refractivity contribution in [1.29, 1.82) is 0 Å². The summed E-state index contributed by atoms with van der Waals surface area (Å²) in [6.07, 6.45) is 0.684. The number of fused-ring (bicyclic) bond motifs is 1. The number of benzene rings is 3. The van der Waals surface area contributed by atoms with Crippen molar-refractivity contribution in [3.63, 3.8) is 0 Å². The number of hydrazone groups is 1. The predicted octanol–water partition coefficient (Wildman–Crippen LogP) is 5.69. The van der Waals surface area contributed by atoms with Gasteiger partial charge in [-0.25, -0.2) is 10.2 Å². The fourth-order valence-corrected chi connectivity index (χ4v) is 3.73. The SMILES string of the molecule is Cc1ccc(C2CC(=NNC(=O)Nc3ccc(C)cc3C)c3ccccc3N2)cc1. The van der Waals surface area contributed by atoms with E-state index in [1.54, 1.807) is 0 Å². The molecule has 1 aliphatic rings. The van der Waals surface area contributed by atoms with E-state index in [0.29, 0.717) is 6.42 Å². The summed E-state index contributed by atoms with van der Waals surface area (Å²) in [5, 5.41) is 10.9. The molecule has 1 aliphatic heterocycles. The first-order valence-electron chi connectivity index (χ1n) is 10.1. The molecule has 0 bridgehead atoms. The van der Waals surface area contributed by atoms with Gasteiger partial charge in [-0.1, -0.05) is 65.7 Å². The van der Waals surface area contributed by atoms with Crippen LogP contribution >= 0.6 is 0 Å². The number of rotatable bonds is 3. The maximum Gasteiger partial charge on any atom is 0.339 e. The smallest absolute Gasteiger partial charge is 0.339 e. The number of nitrogens with zero attached hydrogens (tertiary/aromatic N) is 1. The summed E-state index contributed by atoms with van der Waals surface area (Å²) >= 11 is 0. The minimum absolute atomic E-state index is 0.100. The molecule has 1 unspecified atom stereocenters. The van der Waals surface area contributed by atoms with Gasteiger partial charge in [0.05, 0.1) is 11.8 Å². The molecule has 0 aromatic heterocycles. The third kappa shape index (κ3) is 4.35. The van der Waals surface area contributed by atoms with E-state index < -0.39 is 0 Å². The van der Waals surface area contributed by atoms with Crippen LogP contribution in [0.25, 0.3) is 0 Å². The van der Waals surface area contributed by atoms with Crippen LogP contribution in [0.15, 0.2) is 71.8 Å². The molecule has 3 aromatic carbocycles. The second-order valence-electron chi connectivity index (χ2n) is 7.80. The molecule has 5 heteroatoms. The van der Waals surface area contributed by atoms with Gasteiger partial charge in [0.15, 0.2) is 0 Å². The Balaban J connectivity index is 1.54. The van der Waals surface area contributed by atoms with Gasteiger partial charge in [0.1, 0.15) is 0 Å². The molecule has 152 valence electrons. The molecule has 0 radical (unpaired) electrons. The highest BCUT2D eigenvalue weighted by Gasteiger charge is 2.24. The highest BCUT2D eigenvalue weighted by atomic mass is 16.2. The van der Waals surface area contributed by atoms with Crippen LogP contribution in [0.2, 0.25) is 0 Å². The Bertz CT molecular complexity index is 1100. The number of nitrogens with one attached hydrogen (secondary N) is 3. The average molecular weight is 399 g/mol. The van der Waals surface area contributed by atoms with E-state index in [9.17, 15) is 4.79 Å². The van der Waals surface area contributed by atoms with E-state index in [-0.39, 0.29) is 12.1 Å². The van der Waals surface area contributed by atoms with Crippen molar-refractivity contribution in [3.8, 4) is 0 Å². The molecule has 0 saturated carbocycles. The standard InChI is InChI=1S/C25H26N4O/c1-16-8-11-19(12-9-16)23-15-24(20-6-4-5-7-22(20)26-23)28-29-25(30)27-21-13-10-17(2)14-18(21)3/h4-14,23,26H,15H2,1-3H3,(H2,27,29,30). The van der Waals surface area contributed by atoms with Crippen LogP contribution in [0.3, 0.4) is 0 Å². The first kappa shape index (κ1) is 19.7. The normalized spacial score (nSPS) is 16.5. The van der Waals surface area contributed by atoms with Gasteiger partial charge >= 0.3 is 6.03 Å². The molecule has 1 heterocycles. The quantitative estimate of drug-likeness (QED) is 0.496. The van der Waals surface area contributed by atoms with Crippen molar-refractivity contribution < 1.29 is 4.79 Å². The van der Waals surface area contributed by atoms with Crippen LogP contribution < -0.4 is 16.1 Å². The zero-order valence-electron chi connectivity index (χ0n) is 17.5. The van der Waals surface area contributed by atoms with Crippen LogP contribution in [-0.4, -0.2) is 11.7 Å². The van der Waals surface area contributed by atoms with Crippen molar-refractivity contribution in [1.82, 2.24) is 5.43 Å². The predicted molar refractivity (Wildman–Crippen MR) is 123 cm³/mol. The van der Waals surface area contributed by atoms with Crippen molar-refractivity contribution >= 4 is 23.1 Å². The molecule has 30 heavy (non-hydrogen) atoms. The van der Waals surface area contributed by atoms with Gasteiger partial charge in [-0.05, 0) is 44.0 Å². The average Bonchev–Trinajstić information content (AvgIpc) is 2.74. The van der Waals surface area contributed by atoms with Gasteiger partial charge in [0, 0.05) is 23.4 Å². The second-order valence-corrected chi connectivity index (χ2v) is 7.80. The van der Waals surface area contributed by atoms with Gasteiger partial charge in [-0.3, -0.25) is 0 Å². The number of anilines is 2. The number of hydrogen-bond acceptors (Lipinski definition) is 3. The minimum atomic E-state index is -0.350. The Hall–Kier alpha value is -3.60. The van der Waals surface area contributed by atoms with E-state index >= 15 is 0 Å². The molecule has 4 rings (SSSR count). The minimum Gasteiger partial charge on any atom is -0.377 e. The number of hydrogen-bond donors (Lipinski definition) is 3. The zero-order chi connectivity index (χ0) is 21.1. The van der Waals surface area contributed by atoms with Crippen LogP contribution in [0.1, 0.15) is 40.3 Å².